The van der Waals surface area contributed by atoms with Gasteiger partial charge in [0.15, 0.2) is 24.3 Å². The second kappa shape index (κ2) is 8.98. The first kappa shape index (κ1) is 22.6. The summed E-state index contributed by atoms with van der Waals surface area (Å²) in [4.78, 5) is 55.4. The molecule has 13 heteroatoms. The van der Waals surface area contributed by atoms with Crippen LogP contribution in [0.25, 0.3) is 5.82 Å². The van der Waals surface area contributed by atoms with Crippen LogP contribution in [0.1, 0.15) is 27.0 Å². The number of terminal acetylenes is 1. The molecule has 0 N–H and O–H groups in total. The van der Waals surface area contributed by atoms with Crippen molar-refractivity contribution in [3.05, 3.63) is 35.4 Å². The topological polar surface area (TPSA) is 154 Å². The zero-order chi connectivity index (χ0) is 23.5. The molecule has 2 aromatic heterocycles. The maximum absolute atomic E-state index is 12.8. The average molecular weight is 445 g/mol. The van der Waals surface area contributed by atoms with Crippen LogP contribution >= 0.6 is 0 Å². The van der Waals surface area contributed by atoms with Crippen molar-refractivity contribution in [2.75, 3.05) is 6.61 Å². The molecule has 32 heavy (non-hydrogen) atoms. The molecule has 0 amide bonds. The third-order valence-corrected chi connectivity index (χ3v) is 4.44. The molecule has 1 fully saturated rings. The lowest BCUT2D eigenvalue weighted by molar-refractivity contribution is -0.169. The number of carbonyl (C=O) groups is 3. The summed E-state index contributed by atoms with van der Waals surface area (Å²) in [7, 11) is 0. The fraction of sp³-hybridized carbons (Fsp3) is 0.421. The lowest BCUT2D eigenvalue weighted by atomic mass is 9.96. The van der Waals surface area contributed by atoms with Gasteiger partial charge in [-0.2, -0.15) is 10.1 Å². The minimum absolute atomic E-state index is 0.172. The van der Waals surface area contributed by atoms with Gasteiger partial charge in [-0.05, 0) is 6.07 Å². The molecule has 0 aliphatic carbocycles. The summed E-state index contributed by atoms with van der Waals surface area (Å²) >= 11 is 0. The molecule has 168 valence electrons. The quantitative estimate of drug-likeness (QED) is 0.310. The van der Waals surface area contributed by atoms with Gasteiger partial charge in [-0.15, -0.1) is 6.42 Å². The van der Waals surface area contributed by atoms with E-state index in [0.29, 0.717) is 0 Å². The van der Waals surface area contributed by atoms with Gasteiger partial charge >= 0.3 is 23.6 Å². The Morgan fingerprint density at radius 1 is 1.22 bits per heavy atom. The van der Waals surface area contributed by atoms with Crippen LogP contribution in [0.5, 0.6) is 0 Å². The van der Waals surface area contributed by atoms with Gasteiger partial charge in [0.2, 0.25) is 5.60 Å². The van der Waals surface area contributed by atoms with E-state index in [-0.39, 0.29) is 5.82 Å². The average Bonchev–Trinajstić information content (AvgIpc) is 3.35. The van der Waals surface area contributed by atoms with Crippen LogP contribution in [0.2, 0.25) is 0 Å². The van der Waals surface area contributed by atoms with Crippen molar-refractivity contribution in [3.8, 4) is 18.2 Å². The molecule has 0 saturated carbocycles. The maximum atomic E-state index is 12.8. The molecule has 13 nitrogen and oxygen atoms in total. The van der Waals surface area contributed by atoms with Crippen molar-refractivity contribution in [2.45, 2.75) is 44.8 Å². The fourth-order valence-electron chi connectivity index (χ4n) is 3.17. The zero-order valence-corrected chi connectivity index (χ0v) is 17.3. The van der Waals surface area contributed by atoms with Crippen molar-refractivity contribution in [2.24, 2.45) is 0 Å². The molecule has 4 atom stereocenters. The van der Waals surface area contributed by atoms with E-state index in [9.17, 15) is 19.2 Å². The van der Waals surface area contributed by atoms with E-state index in [1.807, 2.05) is 0 Å². The number of hydrogen-bond acceptors (Lipinski definition) is 11. The minimum Gasteiger partial charge on any atom is -0.462 e. The van der Waals surface area contributed by atoms with Crippen LogP contribution in [0, 0.1) is 12.3 Å². The third kappa shape index (κ3) is 4.49. The molecule has 2 aromatic rings. The maximum Gasteiger partial charge on any atom is 0.351 e. The first-order valence-electron chi connectivity index (χ1n) is 9.24. The Kier molecular flexibility index (Phi) is 6.35. The van der Waals surface area contributed by atoms with E-state index in [0.717, 1.165) is 25.3 Å². The van der Waals surface area contributed by atoms with Crippen LogP contribution < -0.4 is 5.69 Å². The second-order valence-electron chi connectivity index (χ2n) is 6.74. The van der Waals surface area contributed by atoms with Crippen LogP contribution in [0.4, 0.5) is 0 Å². The van der Waals surface area contributed by atoms with Gasteiger partial charge in [-0.25, -0.2) is 14.5 Å². The standard InChI is InChI=1S/C19H19N5O8/c1-5-19(8-29-11(2)25)16(31-13(4)27)15(30-12(3)26)17(32-19)23-7-6-14(22-18(23)28)24-10-20-9-21-24/h1,6-7,9-10,15-17H,8H2,2-4H3/t15-,16-,17+,19+/m0/s1. The van der Waals surface area contributed by atoms with Gasteiger partial charge in [-0.1, -0.05) is 5.92 Å². The van der Waals surface area contributed by atoms with Crippen LogP contribution in [-0.4, -0.2) is 66.6 Å². The molecule has 0 radical (unpaired) electrons. The van der Waals surface area contributed by atoms with Crippen molar-refractivity contribution in [1.29, 1.82) is 0 Å². The van der Waals surface area contributed by atoms with Crippen molar-refractivity contribution >= 4 is 17.9 Å². The first-order valence-corrected chi connectivity index (χ1v) is 9.24. The Balaban J connectivity index is 2.07. The molecule has 0 bridgehead atoms. The first-order chi connectivity index (χ1) is 15.2. The van der Waals surface area contributed by atoms with Crippen LogP contribution in [-0.2, 0) is 33.3 Å². The highest BCUT2D eigenvalue weighted by Crippen LogP contribution is 2.40. The van der Waals surface area contributed by atoms with Gasteiger partial charge in [0.25, 0.3) is 0 Å². The molecule has 3 rings (SSSR count). The Hall–Kier alpha value is -4.05. The number of ether oxygens (including phenoxy) is 4. The number of nitrogens with zero attached hydrogens (tertiary/aromatic N) is 5. The SMILES string of the molecule is C#C[C@]1(COC(C)=O)O[C@@H](n2ccc(-n3cncn3)nc2=O)[C@@H](OC(C)=O)[C@@H]1OC(C)=O. The molecule has 1 aliphatic rings. The number of carbonyl (C=O) groups excluding carboxylic acids is 3. The van der Waals surface area contributed by atoms with Gasteiger partial charge in [0, 0.05) is 27.0 Å². The van der Waals surface area contributed by atoms with E-state index in [2.05, 4.69) is 21.0 Å². The highest BCUT2D eigenvalue weighted by atomic mass is 16.7. The summed E-state index contributed by atoms with van der Waals surface area (Å²) in [6.07, 6.45) is 5.51. The lowest BCUT2D eigenvalue weighted by Gasteiger charge is -2.28. The molecular formula is C19H19N5O8. The van der Waals surface area contributed by atoms with Gasteiger partial charge in [-0.3, -0.25) is 19.0 Å². The summed E-state index contributed by atoms with van der Waals surface area (Å²) in [5.41, 5.74) is -2.64. The van der Waals surface area contributed by atoms with Crippen molar-refractivity contribution in [3.63, 3.8) is 0 Å². The Labute approximate surface area is 181 Å². The zero-order valence-electron chi connectivity index (χ0n) is 17.3. The molecule has 3 heterocycles. The third-order valence-electron chi connectivity index (χ3n) is 4.44. The predicted octanol–water partition coefficient (Wildman–Crippen LogP) is -0.849. The van der Waals surface area contributed by atoms with E-state index < -0.39 is 54.2 Å². The van der Waals surface area contributed by atoms with E-state index in [1.165, 1.54) is 29.6 Å². The predicted molar refractivity (Wildman–Crippen MR) is 103 cm³/mol. The highest BCUT2D eigenvalue weighted by Gasteiger charge is 2.60. The lowest BCUT2D eigenvalue weighted by Crippen LogP contribution is -2.49. The normalized spacial score (nSPS) is 24.4. The molecule has 1 saturated heterocycles. The molecule has 1 aliphatic heterocycles. The summed E-state index contributed by atoms with van der Waals surface area (Å²) in [5.74, 6) is 0.310. The fourth-order valence-corrected chi connectivity index (χ4v) is 3.17. The summed E-state index contributed by atoms with van der Waals surface area (Å²) < 4.78 is 23.8. The number of hydrogen-bond donors (Lipinski definition) is 0. The largest absolute Gasteiger partial charge is 0.462 e. The monoisotopic (exact) mass is 445 g/mol. The highest BCUT2D eigenvalue weighted by molar-refractivity contribution is 5.68. The van der Waals surface area contributed by atoms with E-state index in [4.69, 9.17) is 25.4 Å². The number of esters is 3. The Morgan fingerprint density at radius 3 is 2.47 bits per heavy atom. The summed E-state index contributed by atoms with van der Waals surface area (Å²) in [5, 5.41) is 3.89. The van der Waals surface area contributed by atoms with E-state index in [1.54, 1.807) is 0 Å². The Morgan fingerprint density at radius 2 is 1.94 bits per heavy atom. The number of rotatable bonds is 6. The second-order valence-corrected chi connectivity index (χ2v) is 6.74. The number of aromatic nitrogens is 5. The summed E-state index contributed by atoms with van der Waals surface area (Å²) in [6, 6.07) is 1.44. The van der Waals surface area contributed by atoms with Crippen LogP contribution in [0.3, 0.4) is 0 Å². The van der Waals surface area contributed by atoms with Crippen molar-refractivity contribution < 1.29 is 33.3 Å². The smallest absolute Gasteiger partial charge is 0.351 e. The van der Waals surface area contributed by atoms with Crippen molar-refractivity contribution in [1.82, 2.24) is 24.3 Å². The minimum atomic E-state index is -1.84. The molecule has 0 spiro atoms. The van der Waals surface area contributed by atoms with Crippen LogP contribution in [0.15, 0.2) is 29.7 Å². The molecule has 0 aromatic carbocycles. The molecule has 0 unspecified atom stereocenters. The van der Waals surface area contributed by atoms with Gasteiger partial charge < -0.3 is 18.9 Å². The summed E-state index contributed by atoms with van der Waals surface area (Å²) in [6.45, 7) is 2.87. The Bertz CT molecular complexity index is 1120. The van der Waals surface area contributed by atoms with Gasteiger partial charge in [0.05, 0.1) is 0 Å². The molecular weight excluding hydrogens is 426 g/mol. The van der Waals surface area contributed by atoms with E-state index >= 15 is 0 Å². The van der Waals surface area contributed by atoms with Gasteiger partial charge in [0.1, 0.15) is 19.3 Å².